The van der Waals surface area contributed by atoms with E-state index in [1.54, 1.807) is 4.90 Å². The van der Waals surface area contributed by atoms with Crippen molar-refractivity contribution in [3.63, 3.8) is 0 Å². The molecule has 1 saturated heterocycles. The molecule has 1 saturated carbocycles. The van der Waals surface area contributed by atoms with Crippen LogP contribution in [0.2, 0.25) is 0 Å². The molecule has 1 N–H and O–H groups in total. The van der Waals surface area contributed by atoms with Gasteiger partial charge in [0.1, 0.15) is 5.92 Å². The van der Waals surface area contributed by atoms with Crippen molar-refractivity contribution in [1.29, 1.82) is 0 Å². The molecule has 3 rings (SSSR count). The highest BCUT2D eigenvalue weighted by Crippen LogP contribution is 2.38. The number of hydrogen-bond donors (Lipinski definition) is 1. The first-order valence-corrected chi connectivity index (χ1v) is 7.35. The number of carbonyl (C=O) groups excluding carboxylic acids is 2. The fourth-order valence-corrected chi connectivity index (χ4v) is 3.21. The van der Waals surface area contributed by atoms with Gasteiger partial charge in [0.25, 0.3) is 0 Å². The Balaban J connectivity index is 1.94. The van der Waals surface area contributed by atoms with Gasteiger partial charge in [-0.15, -0.1) is 0 Å². The van der Waals surface area contributed by atoms with Crippen LogP contribution < -0.4 is 5.32 Å². The second-order valence-electron chi connectivity index (χ2n) is 5.77. The third-order valence-electron chi connectivity index (χ3n) is 4.40. The van der Waals surface area contributed by atoms with E-state index in [2.05, 4.69) is 5.32 Å². The van der Waals surface area contributed by atoms with Crippen LogP contribution in [0.1, 0.15) is 31.4 Å². The summed E-state index contributed by atoms with van der Waals surface area (Å²) in [6.45, 7) is 1.94. The van der Waals surface area contributed by atoms with Crippen LogP contribution >= 0.6 is 0 Å². The van der Waals surface area contributed by atoms with Crippen LogP contribution in [0.15, 0.2) is 30.3 Å². The van der Waals surface area contributed by atoms with Crippen LogP contribution in [0, 0.1) is 5.92 Å². The maximum atomic E-state index is 12.4. The normalized spacial score (nSPS) is 29.0. The number of benzene rings is 1. The Morgan fingerprint density at radius 2 is 1.95 bits per heavy atom. The van der Waals surface area contributed by atoms with Gasteiger partial charge < -0.3 is 15.0 Å². The lowest BCUT2D eigenvalue weighted by molar-refractivity contribution is -0.149. The first kappa shape index (κ1) is 13.9. The second kappa shape index (κ2) is 5.39. The summed E-state index contributed by atoms with van der Waals surface area (Å²) in [5.74, 6) is -0.669. The van der Waals surface area contributed by atoms with Gasteiger partial charge in [0.15, 0.2) is 0 Å². The number of ether oxygens (including phenoxy) is 1. The minimum atomic E-state index is -0.393. The minimum Gasteiger partial charge on any atom is -0.469 e. The van der Waals surface area contributed by atoms with E-state index in [1.807, 2.05) is 37.3 Å². The Morgan fingerprint density at radius 1 is 1.29 bits per heavy atom. The quantitative estimate of drug-likeness (QED) is 0.866. The Hall–Kier alpha value is -2.04. The Bertz CT molecular complexity index is 542. The maximum Gasteiger partial charge on any atom is 0.318 e. The van der Waals surface area contributed by atoms with Crippen molar-refractivity contribution in [2.24, 2.45) is 5.92 Å². The van der Waals surface area contributed by atoms with E-state index in [0.29, 0.717) is 0 Å². The second-order valence-corrected chi connectivity index (χ2v) is 5.77. The molecule has 5 nitrogen and oxygen atoms in total. The van der Waals surface area contributed by atoms with Crippen LogP contribution in [0.25, 0.3) is 0 Å². The Labute approximate surface area is 124 Å². The molecule has 2 aliphatic rings. The largest absolute Gasteiger partial charge is 0.469 e. The topological polar surface area (TPSA) is 58.6 Å². The third kappa shape index (κ3) is 2.48. The van der Waals surface area contributed by atoms with E-state index in [-0.39, 0.29) is 30.1 Å². The summed E-state index contributed by atoms with van der Waals surface area (Å²) in [5.41, 5.74) is 0.934. The molecule has 0 radical (unpaired) electrons. The van der Waals surface area contributed by atoms with Crippen molar-refractivity contribution < 1.29 is 14.3 Å². The number of rotatable bonds is 3. The lowest BCUT2D eigenvalue weighted by Crippen LogP contribution is -2.60. The van der Waals surface area contributed by atoms with Gasteiger partial charge in [0.05, 0.1) is 13.2 Å². The SMILES string of the molecule is COC(=O)[C@@H]1[C@H](c2ccccc2)NC(=O)N(C2CC2)[C@H]1C. The number of hydrogen-bond acceptors (Lipinski definition) is 3. The molecule has 21 heavy (non-hydrogen) atoms. The van der Waals surface area contributed by atoms with Crippen LogP contribution in [0.4, 0.5) is 4.79 Å². The molecular formula is C16H20N2O3. The summed E-state index contributed by atoms with van der Waals surface area (Å²) >= 11 is 0. The minimum absolute atomic E-state index is 0.0843. The molecule has 1 aromatic rings. The summed E-state index contributed by atoms with van der Waals surface area (Å²) in [6.07, 6.45) is 2.03. The molecule has 2 amide bonds. The molecule has 0 unspecified atom stereocenters. The summed E-state index contributed by atoms with van der Waals surface area (Å²) in [4.78, 5) is 26.5. The lowest BCUT2D eigenvalue weighted by atomic mass is 9.85. The van der Waals surface area contributed by atoms with Gasteiger partial charge in [0, 0.05) is 12.1 Å². The standard InChI is InChI=1S/C16H20N2O3/c1-10-13(15(19)21-2)14(11-6-4-3-5-7-11)17-16(20)18(10)12-8-9-12/h3-7,10,12-14H,8-9H2,1-2H3,(H,17,20)/t10-,13-,14-/m0/s1. The molecule has 1 aliphatic heterocycles. The van der Waals surface area contributed by atoms with Crippen LogP contribution in [0.5, 0.6) is 0 Å². The molecule has 0 spiro atoms. The third-order valence-corrected chi connectivity index (χ3v) is 4.40. The van der Waals surface area contributed by atoms with E-state index in [4.69, 9.17) is 4.74 Å². The van der Waals surface area contributed by atoms with Gasteiger partial charge in [-0.2, -0.15) is 0 Å². The average molecular weight is 288 g/mol. The first-order chi connectivity index (χ1) is 10.1. The van der Waals surface area contributed by atoms with Crippen molar-refractivity contribution in [3.8, 4) is 0 Å². The fraction of sp³-hybridized carbons (Fsp3) is 0.500. The van der Waals surface area contributed by atoms with Gasteiger partial charge in [-0.05, 0) is 25.3 Å². The first-order valence-electron chi connectivity index (χ1n) is 7.35. The fourth-order valence-electron chi connectivity index (χ4n) is 3.21. The van der Waals surface area contributed by atoms with Crippen molar-refractivity contribution in [2.45, 2.75) is 37.9 Å². The van der Waals surface area contributed by atoms with E-state index in [9.17, 15) is 9.59 Å². The molecule has 112 valence electrons. The Kier molecular flexibility index (Phi) is 3.57. The highest BCUT2D eigenvalue weighted by atomic mass is 16.5. The number of amides is 2. The number of nitrogens with zero attached hydrogens (tertiary/aromatic N) is 1. The van der Waals surface area contributed by atoms with Gasteiger partial charge in [-0.1, -0.05) is 30.3 Å². The van der Waals surface area contributed by atoms with Gasteiger partial charge in [-0.25, -0.2) is 4.79 Å². The number of nitrogens with one attached hydrogen (secondary N) is 1. The summed E-state index contributed by atoms with van der Waals surface area (Å²) in [7, 11) is 1.40. The molecule has 1 aromatic carbocycles. The van der Waals surface area contributed by atoms with Crippen LogP contribution in [0.3, 0.4) is 0 Å². The zero-order chi connectivity index (χ0) is 15.0. The summed E-state index contributed by atoms with van der Waals surface area (Å²) < 4.78 is 4.98. The van der Waals surface area contributed by atoms with Crippen molar-refractivity contribution in [3.05, 3.63) is 35.9 Å². The molecular weight excluding hydrogens is 268 g/mol. The molecule has 0 bridgehead atoms. The van der Waals surface area contributed by atoms with Crippen LogP contribution in [-0.2, 0) is 9.53 Å². The highest BCUT2D eigenvalue weighted by Gasteiger charge is 2.49. The Morgan fingerprint density at radius 3 is 2.52 bits per heavy atom. The molecule has 1 heterocycles. The molecule has 2 fully saturated rings. The molecule has 0 aromatic heterocycles. The van der Waals surface area contributed by atoms with Gasteiger partial charge in [-0.3, -0.25) is 4.79 Å². The van der Waals surface area contributed by atoms with E-state index >= 15 is 0 Å². The predicted molar refractivity (Wildman–Crippen MR) is 77.5 cm³/mol. The van der Waals surface area contributed by atoms with Crippen molar-refractivity contribution in [2.75, 3.05) is 7.11 Å². The van der Waals surface area contributed by atoms with E-state index in [0.717, 1.165) is 18.4 Å². The maximum absolute atomic E-state index is 12.4. The average Bonchev–Trinajstić information content (AvgIpc) is 3.31. The number of methoxy groups -OCH3 is 1. The number of esters is 1. The van der Waals surface area contributed by atoms with Crippen molar-refractivity contribution >= 4 is 12.0 Å². The summed E-state index contributed by atoms with van der Waals surface area (Å²) in [6, 6.07) is 9.28. The van der Waals surface area contributed by atoms with Crippen molar-refractivity contribution in [1.82, 2.24) is 10.2 Å². The zero-order valence-electron chi connectivity index (χ0n) is 12.3. The molecule has 1 aliphatic carbocycles. The van der Waals surface area contributed by atoms with Gasteiger partial charge >= 0.3 is 12.0 Å². The zero-order valence-corrected chi connectivity index (χ0v) is 12.3. The van der Waals surface area contributed by atoms with E-state index < -0.39 is 5.92 Å². The molecule has 5 heteroatoms. The van der Waals surface area contributed by atoms with E-state index in [1.165, 1.54) is 7.11 Å². The van der Waals surface area contributed by atoms with Crippen LogP contribution in [-0.4, -0.2) is 36.1 Å². The lowest BCUT2D eigenvalue weighted by Gasteiger charge is -2.43. The molecule has 3 atom stereocenters. The monoisotopic (exact) mass is 288 g/mol. The van der Waals surface area contributed by atoms with Gasteiger partial charge in [0.2, 0.25) is 0 Å². The summed E-state index contributed by atoms with van der Waals surface area (Å²) in [5, 5.41) is 2.99. The predicted octanol–water partition coefficient (Wildman–Crippen LogP) is 2.09. The highest BCUT2D eigenvalue weighted by molar-refractivity contribution is 5.82. The number of urea groups is 1. The smallest absolute Gasteiger partial charge is 0.318 e. The number of carbonyl (C=O) groups is 2.